The molecule has 0 spiro atoms. The molecule has 4 rings (SSSR count). The first kappa shape index (κ1) is 23.2. The molecule has 1 atom stereocenters. The standard InChI is InChI=1S/C25H28N2O5S/c1-33-11-10-22(23(28)26-16-12-15(13-16)24(29)30)27-25(31)32-14-21-19-8-4-2-6-17(19)18-7-3-5-9-20(18)21/h2-9,15-16,21-22H,10-14H2,1H3,(H,26,28)(H,27,31)(H,29,30)/t15?,16?,22-/m0/s1. The molecule has 2 aliphatic carbocycles. The number of hydrogen-bond donors (Lipinski definition) is 3. The molecule has 8 heteroatoms. The van der Waals surface area contributed by atoms with Crippen LogP contribution in [0.3, 0.4) is 0 Å². The van der Waals surface area contributed by atoms with Crippen LogP contribution in [0.4, 0.5) is 4.79 Å². The van der Waals surface area contributed by atoms with Crippen LogP contribution >= 0.6 is 11.8 Å². The third-order valence-corrected chi connectivity index (χ3v) is 7.04. The summed E-state index contributed by atoms with van der Waals surface area (Å²) < 4.78 is 5.58. The molecule has 2 amide bonds. The van der Waals surface area contributed by atoms with Crippen molar-refractivity contribution in [2.45, 2.75) is 37.3 Å². The van der Waals surface area contributed by atoms with Crippen molar-refractivity contribution < 1.29 is 24.2 Å². The molecule has 2 aliphatic rings. The minimum absolute atomic E-state index is 0.0513. The Bertz CT molecular complexity index is 991. The van der Waals surface area contributed by atoms with Crippen LogP contribution in [0.15, 0.2) is 48.5 Å². The highest BCUT2D eigenvalue weighted by Gasteiger charge is 2.36. The van der Waals surface area contributed by atoms with Crippen LogP contribution in [-0.2, 0) is 14.3 Å². The fourth-order valence-electron chi connectivity index (χ4n) is 4.53. The second-order valence-corrected chi connectivity index (χ2v) is 9.50. The molecule has 0 radical (unpaired) electrons. The molecule has 33 heavy (non-hydrogen) atoms. The molecule has 2 aromatic rings. The molecule has 1 fully saturated rings. The maximum atomic E-state index is 12.7. The van der Waals surface area contributed by atoms with Gasteiger partial charge in [0.15, 0.2) is 0 Å². The molecule has 0 heterocycles. The van der Waals surface area contributed by atoms with E-state index < -0.39 is 24.0 Å². The number of carbonyl (C=O) groups excluding carboxylic acids is 2. The number of nitrogens with one attached hydrogen (secondary N) is 2. The van der Waals surface area contributed by atoms with E-state index in [0.717, 1.165) is 22.3 Å². The number of carboxylic acid groups (broad SMARTS) is 1. The van der Waals surface area contributed by atoms with Crippen molar-refractivity contribution in [3.8, 4) is 11.1 Å². The van der Waals surface area contributed by atoms with Crippen molar-refractivity contribution >= 4 is 29.7 Å². The fraction of sp³-hybridized carbons (Fsp3) is 0.400. The van der Waals surface area contributed by atoms with E-state index in [1.807, 2.05) is 30.5 Å². The van der Waals surface area contributed by atoms with Crippen LogP contribution in [0.5, 0.6) is 0 Å². The zero-order chi connectivity index (χ0) is 23.4. The minimum Gasteiger partial charge on any atom is -0.481 e. The Morgan fingerprint density at radius 1 is 1.06 bits per heavy atom. The minimum atomic E-state index is -0.837. The number of aliphatic carboxylic acids is 1. The first-order chi connectivity index (χ1) is 16.0. The highest BCUT2D eigenvalue weighted by atomic mass is 32.2. The Hall–Kier alpha value is -3.00. The topological polar surface area (TPSA) is 105 Å². The van der Waals surface area contributed by atoms with Gasteiger partial charge >= 0.3 is 12.1 Å². The Morgan fingerprint density at radius 3 is 2.24 bits per heavy atom. The van der Waals surface area contributed by atoms with Crippen molar-refractivity contribution in [1.82, 2.24) is 10.6 Å². The number of rotatable bonds is 9. The van der Waals surface area contributed by atoms with E-state index >= 15 is 0 Å². The van der Waals surface area contributed by atoms with E-state index in [-0.39, 0.29) is 24.5 Å². The number of carboxylic acids is 1. The Balaban J connectivity index is 1.35. The second kappa shape index (κ2) is 10.3. The van der Waals surface area contributed by atoms with Crippen LogP contribution < -0.4 is 10.6 Å². The largest absolute Gasteiger partial charge is 0.481 e. The van der Waals surface area contributed by atoms with Crippen LogP contribution in [0.25, 0.3) is 11.1 Å². The first-order valence-corrected chi connectivity index (χ1v) is 12.5. The van der Waals surface area contributed by atoms with Gasteiger partial charge in [0.1, 0.15) is 12.6 Å². The lowest BCUT2D eigenvalue weighted by Crippen LogP contribution is -2.54. The number of hydrogen-bond acceptors (Lipinski definition) is 5. The zero-order valence-corrected chi connectivity index (χ0v) is 19.3. The Labute approximate surface area is 197 Å². The van der Waals surface area contributed by atoms with Gasteiger partial charge in [-0.2, -0.15) is 11.8 Å². The van der Waals surface area contributed by atoms with Gasteiger partial charge in [-0.15, -0.1) is 0 Å². The van der Waals surface area contributed by atoms with Crippen LogP contribution in [0.1, 0.15) is 36.3 Å². The maximum absolute atomic E-state index is 12.7. The molecule has 3 N–H and O–H groups in total. The molecule has 0 aliphatic heterocycles. The monoisotopic (exact) mass is 468 g/mol. The number of carbonyl (C=O) groups is 3. The molecule has 174 valence electrons. The molecule has 7 nitrogen and oxygen atoms in total. The predicted octanol–water partition coefficient (Wildman–Crippen LogP) is 3.63. The van der Waals surface area contributed by atoms with Gasteiger partial charge in [0.2, 0.25) is 5.91 Å². The van der Waals surface area contributed by atoms with Crippen molar-refractivity contribution in [2.75, 3.05) is 18.6 Å². The van der Waals surface area contributed by atoms with Crippen LogP contribution in [-0.4, -0.2) is 53.8 Å². The number of alkyl carbamates (subject to hydrolysis) is 1. The highest BCUT2D eigenvalue weighted by molar-refractivity contribution is 7.98. The van der Waals surface area contributed by atoms with E-state index in [9.17, 15) is 14.4 Å². The van der Waals surface area contributed by atoms with E-state index in [0.29, 0.717) is 25.0 Å². The lowest BCUT2D eigenvalue weighted by Gasteiger charge is -2.34. The third kappa shape index (κ3) is 5.16. The number of fused-ring (bicyclic) bond motifs is 3. The van der Waals surface area contributed by atoms with Gasteiger partial charge in [0.05, 0.1) is 5.92 Å². The normalized spacial score (nSPS) is 19.5. The fourth-order valence-corrected chi connectivity index (χ4v) is 5.00. The zero-order valence-electron chi connectivity index (χ0n) is 18.5. The van der Waals surface area contributed by atoms with Gasteiger partial charge in [-0.05, 0) is 53.5 Å². The Morgan fingerprint density at radius 2 is 1.67 bits per heavy atom. The second-order valence-electron chi connectivity index (χ2n) is 8.52. The van der Waals surface area contributed by atoms with Crippen LogP contribution in [0.2, 0.25) is 0 Å². The van der Waals surface area contributed by atoms with Crippen molar-refractivity contribution in [3.05, 3.63) is 59.7 Å². The summed E-state index contributed by atoms with van der Waals surface area (Å²) in [4.78, 5) is 36.3. The highest BCUT2D eigenvalue weighted by Crippen LogP contribution is 2.44. The van der Waals surface area contributed by atoms with Crippen molar-refractivity contribution in [3.63, 3.8) is 0 Å². The van der Waals surface area contributed by atoms with Crippen molar-refractivity contribution in [1.29, 1.82) is 0 Å². The molecular formula is C25H28N2O5S. The van der Waals surface area contributed by atoms with Gasteiger partial charge in [0, 0.05) is 12.0 Å². The van der Waals surface area contributed by atoms with E-state index in [1.165, 1.54) is 0 Å². The average Bonchev–Trinajstić information content (AvgIpc) is 3.10. The molecule has 0 bridgehead atoms. The quantitative estimate of drug-likeness (QED) is 0.519. The lowest BCUT2D eigenvalue weighted by molar-refractivity contribution is -0.146. The summed E-state index contributed by atoms with van der Waals surface area (Å²) in [7, 11) is 0. The molecule has 1 saturated carbocycles. The number of benzene rings is 2. The summed E-state index contributed by atoms with van der Waals surface area (Å²) in [5.74, 6) is -0.897. The van der Waals surface area contributed by atoms with Gasteiger partial charge < -0.3 is 20.5 Å². The van der Waals surface area contributed by atoms with E-state index in [4.69, 9.17) is 9.84 Å². The van der Waals surface area contributed by atoms with Gasteiger partial charge in [-0.1, -0.05) is 48.5 Å². The smallest absolute Gasteiger partial charge is 0.407 e. The van der Waals surface area contributed by atoms with Crippen LogP contribution in [0, 0.1) is 5.92 Å². The Kier molecular flexibility index (Phi) is 7.23. The molecule has 0 saturated heterocycles. The summed E-state index contributed by atoms with van der Waals surface area (Å²) in [6.45, 7) is 0.180. The molecule has 2 aromatic carbocycles. The summed E-state index contributed by atoms with van der Waals surface area (Å²) in [5.41, 5.74) is 4.56. The predicted molar refractivity (Wildman–Crippen MR) is 127 cm³/mol. The SMILES string of the molecule is CSCC[C@H](NC(=O)OCC1c2ccccc2-c2ccccc21)C(=O)NC1CC(C(=O)O)C1. The van der Waals surface area contributed by atoms with Crippen molar-refractivity contribution in [2.24, 2.45) is 5.92 Å². The third-order valence-electron chi connectivity index (χ3n) is 6.40. The summed E-state index contributed by atoms with van der Waals surface area (Å²) in [5, 5.41) is 14.6. The number of amides is 2. The summed E-state index contributed by atoms with van der Waals surface area (Å²) >= 11 is 1.59. The van der Waals surface area contributed by atoms with Gasteiger partial charge in [-0.3, -0.25) is 9.59 Å². The molecular weight excluding hydrogens is 440 g/mol. The number of thioether (sulfide) groups is 1. The van der Waals surface area contributed by atoms with E-state index in [1.54, 1.807) is 11.8 Å². The lowest BCUT2D eigenvalue weighted by atomic mass is 9.80. The molecule has 0 unspecified atom stereocenters. The summed E-state index contributed by atoms with van der Waals surface area (Å²) in [6.07, 6.45) is 2.61. The van der Waals surface area contributed by atoms with Gasteiger partial charge in [0.25, 0.3) is 0 Å². The molecule has 0 aromatic heterocycles. The number of ether oxygens (including phenoxy) is 1. The van der Waals surface area contributed by atoms with E-state index in [2.05, 4.69) is 34.9 Å². The first-order valence-electron chi connectivity index (χ1n) is 11.1. The average molecular weight is 469 g/mol. The summed E-state index contributed by atoms with van der Waals surface area (Å²) in [6, 6.07) is 15.3. The maximum Gasteiger partial charge on any atom is 0.407 e. The van der Waals surface area contributed by atoms with Gasteiger partial charge in [-0.25, -0.2) is 4.79 Å².